The van der Waals surface area contributed by atoms with E-state index in [1.165, 1.54) is 0 Å². The van der Waals surface area contributed by atoms with Crippen LogP contribution in [0, 0.1) is 11.8 Å². The Balaban J connectivity index is 2.66. The fourth-order valence-corrected chi connectivity index (χ4v) is 2.87. The van der Waals surface area contributed by atoms with Crippen LogP contribution in [0.1, 0.15) is 59.4 Å². The first-order chi connectivity index (χ1) is 12.5. The monoisotopic (exact) mass is 378 g/mol. The minimum absolute atomic E-state index is 0.0367. The molecule has 0 saturated carbocycles. The normalized spacial score (nSPS) is 13.7. The van der Waals surface area contributed by atoms with Crippen LogP contribution in [-0.4, -0.2) is 29.1 Å². The van der Waals surface area contributed by atoms with Gasteiger partial charge in [0.25, 0.3) is 0 Å². The van der Waals surface area contributed by atoms with Gasteiger partial charge in [-0.15, -0.1) is 0 Å². The molecule has 2 atom stereocenters. The zero-order valence-electron chi connectivity index (χ0n) is 17.2. The molecule has 0 aromatic heterocycles. The number of ether oxygens (including phenoxy) is 1. The number of hydrogen-bond donors (Lipinski definition) is 3. The molecule has 0 aliphatic rings. The first-order valence-corrected chi connectivity index (χ1v) is 9.56. The lowest BCUT2D eigenvalue weighted by Gasteiger charge is -2.23. The van der Waals surface area contributed by atoms with Crippen LogP contribution in [0.15, 0.2) is 18.2 Å². The summed E-state index contributed by atoms with van der Waals surface area (Å²) < 4.78 is 5.43. The lowest BCUT2D eigenvalue weighted by atomic mass is 9.91. The van der Waals surface area contributed by atoms with Crippen molar-refractivity contribution in [3.8, 4) is 5.75 Å². The number of anilines is 1. The molecular weight excluding hydrogens is 344 g/mol. The summed E-state index contributed by atoms with van der Waals surface area (Å²) in [5.74, 6) is -0.258. The Hall–Kier alpha value is -2.08. The molecule has 152 valence electrons. The van der Waals surface area contributed by atoms with Crippen LogP contribution in [0.25, 0.3) is 0 Å². The van der Waals surface area contributed by atoms with Crippen LogP contribution in [-0.2, 0) is 20.7 Å². The zero-order chi connectivity index (χ0) is 20.6. The summed E-state index contributed by atoms with van der Waals surface area (Å²) in [4.78, 5) is 24.0. The Morgan fingerprint density at radius 2 is 1.93 bits per heavy atom. The smallest absolute Gasteiger partial charge is 0.309 e. The van der Waals surface area contributed by atoms with Gasteiger partial charge in [0.15, 0.2) is 0 Å². The lowest BCUT2D eigenvalue weighted by Crippen LogP contribution is -2.28. The van der Waals surface area contributed by atoms with Gasteiger partial charge in [-0.25, -0.2) is 0 Å². The van der Waals surface area contributed by atoms with Crippen molar-refractivity contribution in [2.45, 2.75) is 65.9 Å². The molecule has 1 amide bonds. The highest BCUT2D eigenvalue weighted by Gasteiger charge is 2.23. The van der Waals surface area contributed by atoms with E-state index in [4.69, 9.17) is 10.5 Å². The summed E-state index contributed by atoms with van der Waals surface area (Å²) in [7, 11) is 0. The fraction of sp³-hybridized carbons (Fsp3) is 0.619. The number of amides is 1. The van der Waals surface area contributed by atoms with Crippen LogP contribution >= 0.6 is 0 Å². The molecule has 0 spiro atoms. The summed E-state index contributed by atoms with van der Waals surface area (Å²) in [5, 5.41) is 12.7. The molecule has 6 nitrogen and oxygen atoms in total. The van der Waals surface area contributed by atoms with Gasteiger partial charge in [-0.3, -0.25) is 9.59 Å². The second-order valence-corrected chi connectivity index (χ2v) is 8.27. The van der Waals surface area contributed by atoms with Crippen molar-refractivity contribution in [3.63, 3.8) is 0 Å². The Kier molecular flexibility index (Phi) is 8.76. The number of hydrogen-bond acceptors (Lipinski definition) is 5. The average Bonchev–Trinajstić information content (AvgIpc) is 2.54. The van der Waals surface area contributed by atoms with Gasteiger partial charge in [-0.05, 0) is 70.2 Å². The number of esters is 1. The van der Waals surface area contributed by atoms with Crippen LogP contribution in [0.2, 0.25) is 0 Å². The molecule has 1 aromatic carbocycles. The summed E-state index contributed by atoms with van der Waals surface area (Å²) in [5.41, 5.74) is 6.32. The summed E-state index contributed by atoms with van der Waals surface area (Å²) >= 11 is 0. The molecule has 0 radical (unpaired) electrons. The molecule has 1 aromatic rings. The van der Waals surface area contributed by atoms with Crippen LogP contribution in [0.5, 0.6) is 5.75 Å². The van der Waals surface area contributed by atoms with Crippen molar-refractivity contribution in [1.82, 2.24) is 0 Å². The molecule has 1 rings (SSSR count). The second kappa shape index (κ2) is 10.3. The van der Waals surface area contributed by atoms with Gasteiger partial charge in [-0.2, -0.15) is 0 Å². The number of nitrogens with two attached hydrogens (primary N) is 1. The molecule has 0 bridgehead atoms. The first-order valence-electron chi connectivity index (χ1n) is 9.56. The van der Waals surface area contributed by atoms with Gasteiger partial charge in [0, 0.05) is 6.42 Å². The van der Waals surface area contributed by atoms with Crippen LogP contribution in [0.4, 0.5) is 5.69 Å². The third kappa shape index (κ3) is 8.91. The molecule has 0 aliphatic carbocycles. The Labute approximate surface area is 162 Å². The van der Waals surface area contributed by atoms with Crippen molar-refractivity contribution in [3.05, 3.63) is 23.8 Å². The highest BCUT2D eigenvalue weighted by Crippen LogP contribution is 2.27. The Bertz CT molecular complexity index is 638. The van der Waals surface area contributed by atoms with Crippen molar-refractivity contribution < 1.29 is 19.4 Å². The van der Waals surface area contributed by atoms with Gasteiger partial charge >= 0.3 is 5.97 Å². The summed E-state index contributed by atoms with van der Waals surface area (Å²) in [6.07, 6.45) is 2.36. The Morgan fingerprint density at radius 3 is 2.52 bits per heavy atom. The van der Waals surface area contributed by atoms with Crippen LogP contribution in [0.3, 0.4) is 0 Å². The molecule has 0 saturated heterocycles. The third-order valence-corrected chi connectivity index (χ3v) is 4.09. The molecule has 0 fully saturated rings. The minimum Gasteiger partial charge on any atom is -0.506 e. The Morgan fingerprint density at radius 1 is 1.26 bits per heavy atom. The standard InChI is InChI=1S/C21H34N2O4/c1-14(11-15(2)20(26)27-21(3,4)5)12-16-8-9-18(24)17(13-16)23-19(25)7-6-10-22/h8-9,13-15,24H,6-7,10-12,22H2,1-5H3,(H,23,25)/t14-,15?/m1/s1. The number of carbonyl (C=O) groups excluding carboxylic acids is 2. The van der Waals surface area contributed by atoms with E-state index < -0.39 is 5.60 Å². The van der Waals surface area contributed by atoms with E-state index in [1.807, 2.05) is 33.8 Å². The molecule has 27 heavy (non-hydrogen) atoms. The number of benzene rings is 1. The summed E-state index contributed by atoms with van der Waals surface area (Å²) in [6, 6.07) is 5.20. The van der Waals surface area contributed by atoms with E-state index in [-0.39, 0.29) is 29.5 Å². The number of rotatable bonds is 9. The van der Waals surface area contributed by atoms with Gasteiger partial charge in [0.1, 0.15) is 11.4 Å². The van der Waals surface area contributed by atoms with Crippen molar-refractivity contribution in [2.24, 2.45) is 17.6 Å². The minimum atomic E-state index is -0.484. The maximum absolute atomic E-state index is 12.1. The number of nitrogens with one attached hydrogen (secondary N) is 1. The van der Waals surface area contributed by atoms with E-state index >= 15 is 0 Å². The number of aromatic hydroxyl groups is 1. The topological polar surface area (TPSA) is 102 Å². The van der Waals surface area contributed by atoms with E-state index in [2.05, 4.69) is 12.2 Å². The molecule has 0 aliphatic heterocycles. The predicted octanol–water partition coefficient (Wildman–Crippen LogP) is 3.62. The van der Waals surface area contributed by atoms with Crippen molar-refractivity contribution >= 4 is 17.6 Å². The first kappa shape index (κ1) is 23.0. The predicted molar refractivity (Wildman–Crippen MR) is 108 cm³/mol. The summed E-state index contributed by atoms with van der Waals surface area (Å²) in [6.45, 7) is 9.99. The molecule has 6 heteroatoms. The van der Waals surface area contributed by atoms with E-state index in [0.717, 1.165) is 12.0 Å². The average molecular weight is 379 g/mol. The van der Waals surface area contributed by atoms with Gasteiger partial charge in [0.05, 0.1) is 11.6 Å². The highest BCUT2D eigenvalue weighted by molar-refractivity contribution is 5.92. The number of phenols is 1. The van der Waals surface area contributed by atoms with E-state index in [1.54, 1.807) is 12.1 Å². The van der Waals surface area contributed by atoms with Crippen LogP contribution < -0.4 is 11.1 Å². The largest absolute Gasteiger partial charge is 0.506 e. The number of phenolic OH excluding ortho intramolecular Hbond substituents is 1. The van der Waals surface area contributed by atoms with Crippen molar-refractivity contribution in [1.29, 1.82) is 0 Å². The van der Waals surface area contributed by atoms with Gasteiger partial charge in [0.2, 0.25) is 5.91 Å². The zero-order valence-corrected chi connectivity index (χ0v) is 17.2. The molecule has 0 heterocycles. The van der Waals surface area contributed by atoms with Gasteiger partial charge < -0.3 is 20.9 Å². The second-order valence-electron chi connectivity index (χ2n) is 8.27. The molecular formula is C21H34N2O4. The number of carbonyl (C=O) groups is 2. The van der Waals surface area contributed by atoms with E-state index in [0.29, 0.717) is 31.5 Å². The maximum atomic E-state index is 12.1. The van der Waals surface area contributed by atoms with Gasteiger partial charge in [-0.1, -0.05) is 19.9 Å². The quantitative estimate of drug-likeness (QED) is 0.450. The highest BCUT2D eigenvalue weighted by atomic mass is 16.6. The van der Waals surface area contributed by atoms with Crippen molar-refractivity contribution in [2.75, 3.05) is 11.9 Å². The van der Waals surface area contributed by atoms with E-state index in [9.17, 15) is 14.7 Å². The SMILES string of the molecule is CC(C[C@@H](C)Cc1ccc(O)c(NC(=O)CCCN)c1)C(=O)OC(C)(C)C. The fourth-order valence-electron chi connectivity index (χ4n) is 2.87. The molecule has 4 N–H and O–H groups in total. The maximum Gasteiger partial charge on any atom is 0.309 e. The lowest BCUT2D eigenvalue weighted by molar-refractivity contribution is -0.159. The molecule has 1 unspecified atom stereocenters. The third-order valence-electron chi connectivity index (χ3n) is 4.09.